The van der Waals surface area contributed by atoms with Crippen LogP contribution in [0.3, 0.4) is 0 Å². The van der Waals surface area contributed by atoms with Crippen LogP contribution in [0.4, 0.5) is 11.4 Å². The molecule has 4 aromatic carbocycles. The second-order valence-corrected chi connectivity index (χ2v) is 12.9. The van der Waals surface area contributed by atoms with Crippen molar-refractivity contribution >= 4 is 33.2 Å². The molecule has 5 heteroatoms. The number of aromatic nitrogens is 1. The van der Waals surface area contributed by atoms with Crippen LogP contribution in [-0.4, -0.2) is 0 Å². The van der Waals surface area contributed by atoms with E-state index in [1.807, 2.05) is 36.4 Å². The van der Waals surface area contributed by atoms with Crippen LogP contribution in [0.15, 0.2) is 91.3 Å². The van der Waals surface area contributed by atoms with Gasteiger partial charge in [-0.15, -0.1) is 17.7 Å². The predicted molar refractivity (Wildman–Crippen MR) is 187 cm³/mol. The first kappa shape index (κ1) is 34.1. The number of nitrogens with zero attached hydrogens (tertiary/aromatic N) is 4. The number of rotatable bonds is 6. The van der Waals surface area contributed by atoms with Gasteiger partial charge in [-0.25, -0.2) is 0 Å². The second-order valence-electron chi connectivity index (χ2n) is 12.9. The molecule has 0 unspecified atom stereocenters. The van der Waals surface area contributed by atoms with Crippen molar-refractivity contribution in [1.82, 2.24) is 4.98 Å². The molecular weight excluding hydrogens is 733 g/mol. The van der Waals surface area contributed by atoms with Gasteiger partial charge >= 0.3 is 0 Å². The third-order valence-corrected chi connectivity index (χ3v) is 8.42. The quantitative estimate of drug-likeness (QED) is 0.127. The predicted octanol–water partition coefficient (Wildman–Crippen LogP) is 10.9. The van der Waals surface area contributed by atoms with Gasteiger partial charge in [0.1, 0.15) is 0 Å². The molecule has 0 amide bonds. The summed E-state index contributed by atoms with van der Waals surface area (Å²) < 4.78 is 0. The molecule has 0 saturated carbocycles. The monoisotopic (exact) mass is 777 g/mol. The van der Waals surface area contributed by atoms with Gasteiger partial charge in [0.2, 0.25) is 0 Å². The molecule has 0 bridgehead atoms. The maximum atomic E-state index is 8.97. The average molecular weight is 778 g/mol. The number of para-hydroxylation sites is 4. The van der Waals surface area contributed by atoms with E-state index in [1.54, 1.807) is 6.07 Å². The van der Waals surface area contributed by atoms with E-state index in [-0.39, 0.29) is 22.4 Å². The zero-order valence-corrected chi connectivity index (χ0v) is 29.8. The Morgan fingerprint density at radius 1 is 0.578 bits per heavy atom. The van der Waals surface area contributed by atoms with E-state index >= 15 is 0 Å². The number of hydrogen-bond acceptors (Lipinski definition) is 3. The zero-order chi connectivity index (χ0) is 31.5. The fourth-order valence-electron chi connectivity index (χ4n) is 6.13. The van der Waals surface area contributed by atoms with Crippen LogP contribution >= 0.6 is 0 Å². The Hall–Kier alpha value is -3.75. The maximum absolute atomic E-state index is 8.97. The summed E-state index contributed by atoms with van der Waals surface area (Å²) >= 11 is 0. The fourth-order valence-corrected chi connectivity index (χ4v) is 6.13. The molecule has 2 heterocycles. The Morgan fingerprint density at radius 2 is 1.00 bits per heavy atom. The number of fused-ring (bicyclic) bond motifs is 3. The number of nitriles is 1. The molecule has 0 saturated heterocycles. The molecule has 0 fully saturated rings. The minimum atomic E-state index is 0. The van der Waals surface area contributed by atoms with Crippen LogP contribution < -0.4 is 14.8 Å². The second kappa shape index (κ2) is 14.6. The van der Waals surface area contributed by atoms with Crippen molar-refractivity contribution in [3.8, 4) is 6.07 Å². The van der Waals surface area contributed by atoms with Gasteiger partial charge < -0.3 is 14.8 Å². The summed E-state index contributed by atoms with van der Waals surface area (Å²) in [4.78, 5) is 9.11. The van der Waals surface area contributed by atoms with E-state index in [1.165, 1.54) is 33.6 Å². The van der Waals surface area contributed by atoms with E-state index in [4.69, 9.17) is 5.26 Å². The van der Waals surface area contributed by atoms with Gasteiger partial charge in [-0.05, 0) is 75.2 Å². The average Bonchev–Trinajstić information content (AvgIpc) is 3.65. The number of hydrogen-bond donors (Lipinski definition) is 0. The largest absolute Gasteiger partial charge is 0.656 e. The summed E-state index contributed by atoms with van der Waals surface area (Å²) in [6.07, 6.45) is 4.43. The summed E-state index contributed by atoms with van der Waals surface area (Å²) in [5, 5.41) is 11.1. The smallest absolute Gasteiger partial charge is 0.0978 e. The number of anilines is 2. The Balaban J connectivity index is 0.000000240. The van der Waals surface area contributed by atoms with Crippen LogP contribution in [0.1, 0.15) is 107 Å². The third kappa shape index (κ3) is 6.92. The molecule has 1 aromatic heterocycles. The summed E-state index contributed by atoms with van der Waals surface area (Å²) in [6, 6.07) is 29.3. The van der Waals surface area contributed by atoms with Crippen molar-refractivity contribution in [2.24, 2.45) is 0 Å². The molecule has 0 atom stereocenters. The Labute approximate surface area is 285 Å². The normalized spacial score (nSPS) is 12.8. The summed E-state index contributed by atoms with van der Waals surface area (Å²) in [5.41, 5.74) is 10.7. The summed E-state index contributed by atoms with van der Waals surface area (Å²) in [5.74, 6) is 1.92. The van der Waals surface area contributed by atoms with Crippen LogP contribution in [-0.2, 0) is 22.4 Å². The van der Waals surface area contributed by atoms with Gasteiger partial charge in [-0.1, -0.05) is 128 Å². The minimum Gasteiger partial charge on any atom is -0.656 e. The first-order valence-corrected chi connectivity index (χ1v) is 15.8. The molecule has 1 radical (unpaired) electrons. The van der Waals surface area contributed by atoms with Gasteiger partial charge in [-0.2, -0.15) is 5.26 Å². The van der Waals surface area contributed by atoms with Gasteiger partial charge in [0.25, 0.3) is 0 Å². The van der Waals surface area contributed by atoms with Gasteiger partial charge in [-0.3, -0.25) is 0 Å². The molecule has 45 heavy (non-hydrogen) atoms. The molecule has 4 nitrogen and oxygen atoms in total. The molecule has 1 aliphatic rings. The molecule has 237 valence electrons. The first-order valence-electron chi connectivity index (χ1n) is 15.8. The van der Waals surface area contributed by atoms with Crippen LogP contribution in [0.5, 0.6) is 0 Å². The fraction of sp³-hybridized carbons (Fsp3) is 0.300. The molecule has 5 aromatic rings. The van der Waals surface area contributed by atoms with Gasteiger partial charge in [0.15, 0.2) is 0 Å². The van der Waals surface area contributed by atoms with Crippen molar-refractivity contribution in [1.29, 1.82) is 5.26 Å². The van der Waals surface area contributed by atoms with Crippen LogP contribution in [0.25, 0.3) is 21.8 Å². The molecular formula is C40H44AuN4-2. The van der Waals surface area contributed by atoms with Crippen LogP contribution in [0.2, 0.25) is 0 Å². The summed E-state index contributed by atoms with van der Waals surface area (Å²) in [7, 11) is 0. The first-order chi connectivity index (χ1) is 21.1. The standard InChI is InChI=1S/C27H37N2.C13H7N2.Au/c1-18(2)22-11-9-12-23(19(3)4)26(22)28-15-16-29(17-28)27-24(20(5)6)13-10-14-25(27)21(7)8;14-8-9-4-3-6-11-10-5-1-2-7-12(10)15-13(9)11;/h9-21H,1-8H3;1-7H;/q2*-1;. The molecule has 1 aliphatic heterocycles. The van der Waals surface area contributed by atoms with Crippen LogP contribution in [0, 0.1) is 18.0 Å². The van der Waals surface area contributed by atoms with E-state index in [9.17, 15) is 0 Å². The van der Waals surface area contributed by atoms with E-state index in [0.29, 0.717) is 29.2 Å². The molecule has 6 rings (SSSR count). The Bertz CT molecular complexity index is 1710. The van der Waals surface area contributed by atoms with E-state index < -0.39 is 0 Å². The van der Waals surface area contributed by atoms with Gasteiger partial charge in [0, 0.05) is 39.3 Å². The zero-order valence-electron chi connectivity index (χ0n) is 27.6. The Kier molecular flexibility index (Phi) is 11.0. The van der Waals surface area contributed by atoms with Crippen molar-refractivity contribution in [3.05, 3.63) is 126 Å². The van der Waals surface area contributed by atoms with Crippen molar-refractivity contribution in [2.45, 2.75) is 79.1 Å². The minimum absolute atomic E-state index is 0. The van der Waals surface area contributed by atoms with E-state index in [0.717, 1.165) is 21.8 Å². The topological polar surface area (TPSA) is 44.4 Å². The summed E-state index contributed by atoms with van der Waals surface area (Å²) in [6.45, 7) is 20.5. The van der Waals surface area contributed by atoms with Crippen molar-refractivity contribution in [2.75, 3.05) is 9.80 Å². The van der Waals surface area contributed by atoms with Crippen molar-refractivity contribution in [3.63, 3.8) is 0 Å². The third-order valence-electron chi connectivity index (χ3n) is 8.42. The molecule has 0 aliphatic carbocycles. The Morgan fingerprint density at radius 3 is 1.44 bits per heavy atom. The molecule has 0 N–H and O–H groups in total. The van der Waals surface area contributed by atoms with Gasteiger partial charge in [0.05, 0.1) is 6.07 Å². The van der Waals surface area contributed by atoms with Crippen molar-refractivity contribution < 1.29 is 22.4 Å². The molecule has 0 spiro atoms. The maximum Gasteiger partial charge on any atom is 0.0978 e. The van der Waals surface area contributed by atoms with E-state index in [2.05, 4.69) is 132 Å². The SMILES string of the molecule is CC(C)c1cccc(C(C)C)c1N1C=CN(c2c(C(C)C)cccc2C(C)C)[CH-]1.N#Cc1cccc2c1[n-]c1ccccc12.[Au]. The number of benzene rings is 4.